The van der Waals surface area contributed by atoms with Gasteiger partial charge in [0.25, 0.3) is 5.91 Å². The molecule has 7 heteroatoms. The maximum absolute atomic E-state index is 12.4. The molecule has 3 heterocycles. The van der Waals surface area contributed by atoms with E-state index in [4.69, 9.17) is 0 Å². The van der Waals surface area contributed by atoms with Crippen LogP contribution in [0.2, 0.25) is 0 Å². The van der Waals surface area contributed by atoms with Gasteiger partial charge in [0.2, 0.25) is 0 Å². The van der Waals surface area contributed by atoms with Gasteiger partial charge in [-0.05, 0) is 25.5 Å². The van der Waals surface area contributed by atoms with Gasteiger partial charge in [-0.3, -0.25) is 14.9 Å². The Balaban J connectivity index is 1.68. The molecule has 0 spiro atoms. The molecular formula is C15H18N4O3. The van der Waals surface area contributed by atoms with Crippen molar-refractivity contribution >= 4 is 5.91 Å². The Labute approximate surface area is 127 Å². The summed E-state index contributed by atoms with van der Waals surface area (Å²) in [5.74, 6) is -0.325. The van der Waals surface area contributed by atoms with E-state index >= 15 is 0 Å². The normalized spacial score (nSPS) is 21.3. The molecule has 2 atom stereocenters. The van der Waals surface area contributed by atoms with Crippen LogP contribution in [-0.4, -0.2) is 55.4 Å². The minimum absolute atomic E-state index is 0.0445. The third-order valence-corrected chi connectivity index (χ3v) is 3.89. The Morgan fingerprint density at radius 2 is 2.23 bits per heavy atom. The quantitative estimate of drug-likeness (QED) is 0.766. The number of pyridine rings is 1. The number of aliphatic hydroxyl groups is 1. The molecule has 116 valence electrons. The molecule has 0 aromatic carbocycles. The molecule has 3 N–H and O–H groups in total. The van der Waals surface area contributed by atoms with Crippen LogP contribution in [0.4, 0.5) is 0 Å². The van der Waals surface area contributed by atoms with Crippen molar-refractivity contribution in [3.63, 3.8) is 0 Å². The minimum Gasteiger partial charge on any atom is -0.506 e. The van der Waals surface area contributed by atoms with E-state index in [1.165, 1.54) is 18.5 Å². The lowest BCUT2D eigenvalue weighted by Gasteiger charge is -2.15. The van der Waals surface area contributed by atoms with E-state index in [-0.39, 0.29) is 24.1 Å². The van der Waals surface area contributed by atoms with Crippen molar-refractivity contribution in [3.8, 4) is 5.75 Å². The van der Waals surface area contributed by atoms with Crippen molar-refractivity contribution in [2.45, 2.75) is 19.4 Å². The van der Waals surface area contributed by atoms with Gasteiger partial charge in [0.1, 0.15) is 5.75 Å². The molecule has 1 fully saturated rings. The molecule has 7 nitrogen and oxygen atoms in total. The summed E-state index contributed by atoms with van der Waals surface area (Å²) in [5.41, 5.74) is 2.18. The summed E-state index contributed by atoms with van der Waals surface area (Å²) < 4.78 is 0. The Kier molecular flexibility index (Phi) is 3.81. The number of aromatic hydroxyl groups is 1. The number of nitrogens with zero attached hydrogens (tertiary/aromatic N) is 3. The molecule has 22 heavy (non-hydrogen) atoms. The maximum Gasteiger partial charge on any atom is 0.255 e. The van der Waals surface area contributed by atoms with Gasteiger partial charge in [-0.25, -0.2) is 0 Å². The average Bonchev–Trinajstić information content (AvgIpc) is 3.05. The molecule has 0 unspecified atom stereocenters. The molecular weight excluding hydrogens is 284 g/mol. The number of carbonyl (C=O) groups excluding carboxylic acids is 1. The molecule has 0 radical (unpaired) electrons. The zero-order valence-electron chi connectivity index (χ0n) is 12.2. The van der Waals surface area contributed by atoms with Gasteiger partial charge in [-0.2, -0.15) is 5.10 Å². The lowest BCUT2D eigenvalue weighted by atomic mass is 10.0. The molecule has 0 aliphatic carbocycles. The van der Waals surface area contributed by atoms with Gasteiger partial charge >= 0.3 is 0 Å². The number of amides is 1. The van der Waals surface area contributed by atoms with Crippen molar-refractivity contribution in [1.82, 2.24) is 20.1 Å². The Morgan fingerprint density at radius 1 is 1.41 bits per heavy atom. The summed E-state index contributed by atoms with van der Waals surface area (Å²) in [7, 11) is 0. The summed E-state index contributed by atoms with van der Waals surface area (Å²) in [6.45, 7) is 2.66. The fraction of sp³-hybridized carbons (Fsp3) is 0.400. The molecule has 3 rings (SSSR count). The molecule has 1 aliphatic heterocycles. The van der Waals surface area contributed by atoms with E-state index in [0.29, 0.717) is 18.5 Å². The third kappa shape index (κ3) is 2.94. The zero-order valence-corrected chi connectivity index (χ0v) is 12.2. The van der Waals surface area contributed by atoms with E-state index in [2.05, 4.69) is 15.2 Å². The first-order valence-electron chi connectivity index (χ1n) is 7.15. The highest BCUT2D eigenvalue weighted by Crippen LogP contribution is 2.23. The molecule has 1 amide bonds. The van der Waals surface area contributed by atoms with Gasteiger partial charge in [-0.15, -0.1) is 0 Å². The Morgan fingerprint density at radius 3 is 2.91 bits per heavy atom. The smallest absolute Gasteiger partial charge is 0.255 e. The van der Waals surface area contributed by atoms with Crippen LogP contribution in [0.1, 0.15) is 21.7 Å². The van der Waals surface area contributed by atoms with Gasteiger partial charge in [0, 0.05) is 30.9 Å². The number of H-pyrrole nitrogens is 1. The number of aliphatic hydroxyl groups excluding tert-OH is 1. The molecule has 2 aromatic heterocycles. The molecule has 0 saturated carbocycles. The summed E-state index contributed by atoms with van der Waals surface area (Å²) in [6, 6.07) is 3.32. The largest absolute Gasteiger partial charge is 0.506 e. The molecule has 2 aromatic rings. The van der Waals surface area contributed by atoms with Crippen molar-refractivity contribution in [2.75, 3.05) is 13.1 Å². The fourth-order valence-electron chi connectivity index (χ4n) is 2.80. The first-order valence-corrected chi connectivity index (χ1v) is 7.15. The van der Waals surface area contributed by atoms with Crippen LogP contribution in [0.25, 0.3) is 0 Å². The van der Waals surface area contributed by atoms with Gasteiger partial charge in [0.15, 0.2) is 0 Å². The summed E-state index contributed by atoms with van der Waals surface area (Å²) in [5, 5.41) is 26.6. The second-order valence-corrected chi connectivity index (χ2v) is 5.72. The Hall–Kier alpha value is -2.41. The van der Waals surface area contributed by atoms with Crippen LogP contribution in [0.5, 0.6) is 5.75 Å². The second-order valence-electron chi connectivity index (χ2n) is 5.72. The second kappa shape index (κ2) is 5.76. The fourth-order valence-corrected chi connectivity index (χ4v) is 2.80. The van der Waals surface area contributed by atoms with E-state index in [0.717, 1.165) is 11.4 Å². The molecule has 0 bridgehead atoms. The van der Waals surface area contributed by atoms with Crippen LogP contribution in [0.3, 0.4) is 0 Å². The Bertz CT molecular complexity index is 685. The van der Waals surface area contributed by atoms with Crippen molar-refractivity contribution in [1.29, 1.82) is 0 Å². The van der Waals surface area contributed by atoms with Crippen LogP contribution >= 0.6 is 0 Å². The zero-order chi connectivity index (χ0) is 15.7. The number of likely N-dealkylation sites (tertiary alicyclic amines) is 1. The van der Waals surface area contributed by atoms with Crippen LogP contribution in [0.15, 0.2) is 24.5 Å². The van der Waals surface area contributed by atoms with Crippen molar-refractivity contribution in [2.24, 2.45) is 5.92 Å². The van der Waals surface area contributed by atoms with E-state index in [1.54, 1.807) is 4.90 Å². The molecule has 1 aliphatic rings. The summed E-state index contributed by atoms with van der Waals surface area (Å²) >= 11 is 0. The van der Waals surface area contributed by atoms with E-state index < -0.39 is 6.10 Å². The van der Waals surface area contributed by atoms with E-state index in [9.17, 15) is 15.0 Å². The average molecular weight is 302 g/mol. The number of β-amino-alcohol motifs (C(OH)–C–C–N with tert-alkyl or cyclic N) is 1. The number of aryl methyl sites for hydroxylation is 1. The van der Waals surface area contributed by atoms with Crippen LogP contribution < -0.4 is 0 Å². The standard InChI is InChI=1S/C15H18N4O3/c1-9-2-12(18-17-9)3-11-7-19(8-14(11)21)15(22)10-4-13(20)6-16-5-10/h2,4-6,11,14,20-21H,3,7-8H2,1H3,(H,17,18)/t11-,14-/m1/s1. The number of rotatable bonds is 3. The number of hydrogen-bond acceptors (Lipinski definition) is 5. The SMILES string of the molecule is Cc1cc(C[C@@H]2CN(C(=O)c3cncc(O)c3)C[C@H]2O)n[nH]1. The first-order chi connectivity index (χ1) is 10.5. The number of carbonyl (C=O) groups is 1. The van der Waals surface area contributed by atoms with Crippen LogP contribution in [0, 0.1) is 12.8 Å². The number of aromatic amines is 1. The number of hydrogen-bond donors (Lipinski definition) is 3. The monoisotopic (exact) mass is 302 g/mol. The molecule has 1 saturated heterocycles. The third-order valence-electron chi connectivity index (χ3n) is 3.89. The maximum atomic E-state index is 12.4. The highest BCUT2D eigenvalue weighted by atomic mass is 16.3. The predicted molar refractivity (Wildman–Crippen MR) is 78.3 cm³/mol. The predicted octanol–water partition coefficient (Wildman–Crippen LogP) is 0.494. The van der Waals surface area contributed by atoms with E-state index in [1.807, 2.05) is 13.0 Å². The van der Waals surface area contributed by atoms with Crippen molar-refractivity contribution < 1.29 is 15.0 Å². The van der Waals surface area contributed by atoms with Gasteiger partial charge in [0.05, 0.1) is 23.6 Å². The highest BCUT2D eigenvalue weighted by Gasteiger charge is 2.34. The summed E-state index contributed by atoms with van der Waals surface area (Å²) in [6.07, 6.45) is 2.73. The lowest BCUT2D eigenvalue weighted by Crippen LogP contribution is -2.29. The lowest BCUT2D eigenvalue weighted by molar-refractivity contribution is 0.0764. The first kappa shape index (κ1) is 14.5. The number of nitrogens with one attached hydrogen (secondary N) is 1. The topological polar surface area (TPSA) is 102 Å². The van der Waals surface area contributed by atoms with Gasteiger partial charge < -0.3 is 15.1 Å². The number of aromatic nitrogens is 3. The minimum atomic E-state index is -0.578. The van der Waals surface area contributed by atoms with Gasteiger partial charge in [-0.1, -0.05) is 0 Å². The van der Waals surface area contributed by atoms with Crippen molar-refractivity contribution in [3.05, 3.63) is 41.5 Å². The highest BCUT2D eigenvalue weighted by molar-refractivity contribution is 5.94. The summed E-state index contributed by atoms with van der Waals surface area (Å²) in [4.78, 5) is 17.8. The van der Waals surface area contributed by atoms with Crippen LogP contribution in [-0.2, 0) is 6.42 Å².